The average Bonchev–Trinajstić information content (AvgIpc) is 4.03. The summed E-state index contributed by atoms with van der Waals surface area (Å²) in [5, 5.41) is 44.0. The van der Waals surface area contributed by atoms with E-state index in [1.54, 1.807) is 83.0 Å². The number of primary amides is 1. The second kappa shape index (κ2) is 25.9. The molecule has 10 rings (SSSR count). The van der Waals surface area contributed by atoms with Crippen LogP contribution in [0.2, 0.25) is 0 Å². The van der Waals surface area contributed by atoms with E-state index < -0.39 is 17.1 Å². The van der Waals surface area contributed by atoms with Gasteiger partial charge in [0.15, 0.2) is 23.3 Å². The van der Waals surface area contributed by atoms with Crippen LogP contribution in [-0.2, 0) is 13.1 Å². The smallest absolute Gasteiger partial charge is 0.850 e. The minimum Gasteiger partial charge on any atom is -0.850 e. The van der Waals surface area contributed by atoms with Gasteiger partial charge in [0.1, 0.15) is 17.1 Å². The number of fused-ring (bicyclic) bond motifs is 2. The molecular weight excluding hydrogens is 956 g/mol. The molecule has 18 heteroatoms. The summed E-state index contributed by atoms with van der Waals surface area (Å²) in [7, 11) is 0. The number of aromatic nitrogens is 10. The molecule has 2 aromatic carbocycles. The zero-order valence-corrected chi connectivity index (χ0v) is 45.5. The maximum atomic E-state index is 11.6. The molecular formula is C56H55KN14O3. The van der Waals surface area contributed by atoms with E-state index in [2.05, 4.69) is 59.0 Å². The van der Waals surface area contributed by atoms with Crippen LogP contribution in [0, 0.1) is 11.3 Å². The molecule has 5 N–H and O–H groups in total. The number of carbonyl (C=O) groups is 1. The first-order chi connectivity index (χ1) is 35.0. The predicted octanol–water partition coefficient (Wildman–Crippen LogP) is 5.83. The third-order valence-electron chi connectivity index (χ3n) is 9.92. The van der Waals surface area contributed by atoms with Gasteiger partial charge in [-0.2, -0.15) is 5.26 Å². The number of anilines is 2. The molecule has 0 unspecified atom stereocenters. The summed E-state index contributed by atoms with van der Waals surface area (Å²) >= 11 is 0. The Morgan fingerprint density at radius 1 is 0.635 bits per heavy atom. The number of hydrogen-bond acceptors (Lipinski definition) is 14. The van der Waals surface area contributed by atoms with Crippen LogP contribution >= 0.6 is 0 Å². The topological polar surface area (TPSA) is 246 Å². The van der Waals surface area contributed by atoms with Crippen molar-refractivity contribution in [3.63, 3.8) is 0 Å². The molecule has 0 aliphatic rings. The van der Waals surface area contributed by atoms with Crippen LogP contribution in [0.1, 0.15) is 68.9 Å². The first-order valence-electron chi connectivity index (χ1n) is 23.2. The van der Waals surface area contributed by atoms with E-state index >= 15 is 0 Å². The first kappa shape index (κ1) is 55.7. The fourth-order valence-electron chi connectivity index (χ4n) is 6.92. The van der Waals surface area contributed by atoms with Gasteiger partial charge in [-0.15, -0.1) is 15.8 Å². The summed E-state index contributed by atoms with van der Waals surface area (Å²) in [6, 6.07) is 41.3. The number of rotatable bonds is 11. The van der Waals surface area contributed by atoms with Gasteiger partial charge in [-0.25, -0.2) is 19.0 Å². The SMILES string of the molecule is CC(C)(C)O.CC(C)(C)[O-].N#Cc1cncc(-c2nc(NCc3ccccn3)c3c(-c4ccccc4)ccn3n2)c1.NC(=O)c1cncc(-c2nc(NCc3ccccn3)c3c(-c4ccccc4)ccn3n2)c1.[K+]. The molecule has 0 saturated heterocycles. The van der Waals surface area contributed by atoms with Crippen molar-refractivity contribution >= 4 is 28.6 Å². The van der Waals surface area contributed by atoms with Gasteiger partial charge in [-0.05, 0) is 80.4 Å². The Hall–Kier alpha value is -7.60. The molecule has 8 aromatic heterocycles. The van der Waals surface area contributed by atoms with Gasteiger partial charge in [0.05, 0.1) is 41.2 Å². The molecule has 8 heterocycles. The summed E-state index contributed by atoms with van der Waals surface area (Å²) in [6.07, 6.45) is 13.5. The molecule has 368 valence electrons. The second-order valence-electron chi connectivity index (χ2n) is 18.4. The van der Waals surface area contributed by atoms with Gasteiger partial charge in [-0.1, -0.05) is 93.6 Å². The largest absolute Gasteiger partial charge is 1.00 e. The Morgan fingerprint density at radius 2 is 1.05 bits per heavy atom. The summed E-state index contributed by atoms with van der Waals surface area (Å²) < 4.78 is 3.59. The van der Waals surface area contributed by atoms with Crippen molar-refractivity contribution in [3.8, 4) is 51.1 Å². The molecule has 0 radical (unpaired) electrons. The van der Waals surface area contributed by atoms with Gasteiger partial charge >= 0.3 is 51.4 Å². The van der Waals surface area contributed by atoms with Crippen LogP contribution in [0.15, 0.2) is 171 Å². The maximum absolute atomic E-state index is 11.6. The van der Waals surface area contributed by atoms with Gasteiger partial charge in [-0.3, -0.25) is 24.7 Å². The molecule has 74 heavy (non-hydrogen) atoms. The van der Waals surface area contributed by atoms with E-state index in [1.165, 1.54) is 12.4 Å². The second-order valence-corrected chi connectivity index (χ2v) is 18.4. The third-order valence-corrected chi connectivity index (χ3v) is 9.92. The maximum Gasteiger partial charge on any atom is 1.00 e. The van der Waals surface area contributed by atoms with Crippen molar-refractivity contribution in [2.45, 2.75) is 65.8 Å². The molecule has 0 fully saturated rings. The molecule has 0 spiro atoms. The Labute approximate surface area is 472 Å². The Kier molecular flexibility index (Phi) is 19.5. The van der Waals surface area contributed by atoms with Crippen molar-refractivity contribution < 1.29 is 66.4 Å². The monoisotopic (exact) mass is 1010 g/mol. The van der Waals surface area contributed by atoms with Crippen LogP contribution in [-0.4, -0.2) is 71.3 Å². The zero-order chi connectivity index (χ0) is 52.0. The zero-order valence-electron chi connectivity index (χ0n) is 42.3. The molecule has 0 aliphatic carbocycles. The first-order valence-corrected chi connectivity index (χ1v) is 23.2. The van der Waals surface area contributed by atoms with E-state index in [4.69, 9.17) is 20.8 Å². The van der Waals surface area contributed by atoms with Crippen LogP contribution < -0.4 is 72.9 Å². The molecule has 1 amide bonds. The van der Waals surface area contributed by atoms with Crippen LogP contribution in [0.3, 0.4) is 0 Å². The normalized spacial score (nSPS) is 10.8. The van der Waals surface area contributed by atoms with E-state index in [0.717, 1.165) is 44.7 Å². The number of nitrogens with zero attached hydrogens (tertiary/aromatic N) is 11. The van der Waals surface area contributed by atoms with Gasteiger partial charge < -0.3 is 26.6 Å². The fraction of sp³-hybridized carbons (Fsp3) is 0.179. The van der Waals surface area contributed by atoms with Crippen LogP contribution in [0.4, 0.5) is 11.6 Å². The fourth-order valence-corrected chi connectivity index (χ4v) is 6.92. The summed E-state index contributed by atoms with van der Waals surface area (Å²) in [4.78, 5) is 38.2. The molecule has 0 saturated carbocycles. The van der Waals surface area contributed by atoms with Crippen LogP contribution in [0.25, 0.3) is 56.1 Å². The molecule has 10 aromatic rings. The van der Waals surface area contributed by atoms with Crippen molar-refractivity contribution in [3.05, 3.63) is 193 Å². The van der Waals surface area contributed by atoms with E-state index in [9.17, 15) is 15.2 Å². The Balaban J connectivity index is 0.000000202. The number of nitrogens with one attached hydrogen (secondary N) is 2. The number of nitrogens with two attached hydrogens (primary N) is 1. The number of carbonyl (C=O) groups excluding carboxylic acids is 1. The van der Waals surface area contributed by atoms with Crippen molar-refractivity contribution in [2.75, 3.05) is 10.6 Å². The van der Waals surface area contributed by atoms with Gasteiger partial charge in [0.2, 0.25) is 5.91 Å². The number of nitriles is 1. The molecule has 0 aliphatic heterocycles. The van der Waals surface area contributed by atoms with Crippen LogP contribution in [0.5, 0.6) is 0 Å². The van der Waals surface area contributed by atoms with Gasteiger partial charge in [0, 0.05) is 71.8 Å². The molecule has 0 atom stereocenters. The van der Waals surface area contributed by atoms with Gasteiger partial charge in [0.25, 0.3) is 0 Å². The minimum atomic E-state index is -0.750. The Bertz CT molecular complexity index is 3420. The van der Waals surface area contributed by atoms with E-state index in [0.29, 0.717) is 58.6 Å². The number of pyridine rings is 4. The minimum absolute atomic E-state index is 0. The number of aliphatic hydroxyl groups is 1. The van der Waals surface area contributed by atoms with Crippen molar-refractivity contribution in [2.24, 2.45) is 5.73 Å². The standard InChI is InChI=1S/C24H19N7O.C24H17N7.C4H10O.C4H9O.K/c25-22(32)17-12-18(14-26-13-17)23-29-24(28-15-19-8-4-5-10-27-19)21-20(9-11-31(21)30-23)16-6-2-1-3-7-16;25-13-17-12-19(15-26-14-17)23-29-24(28-16-20-8-4-5-10-27-20)22-21(9-11-31(22)30-23)18-6-2-1-3-7-18;2*1-4(2,3)5;/h1-14H,15H2,(H2,25,32)(H,28,29,30);1-12,14-15H,16H2,(H,28,29,30);5H,1-3H3;1-3H3;/q;;;-1;+1. The van der Waals surface area contributed by atoms with E-state index in [1.807, 2.05) is 114 Å². The molecule has 0 bridgehead atoms. The van der Waals surface area contributed by atoms with Crippen molar-refractivity contribution in [1.29, 1.82) is 5.26 Å². The van der Waals surface area contributed by atoms with E-state index in [-0.39, 0.29) is 51.4 Å². The summed E-state index contributed by atoms with van der Waals surface area (Å²) in [5.41, 5.74) is 13.9. The predicted molar refractivity (Wildman–Crippen MR) is 281 cm³/mol. The number of amides is 1. The third kappa shape index (κ3) is 16.2. The molecule has 17 nitrogen and oxygen atoms in total. The Morgan fingerprint density at radius 3 is 1.46 bits per heavy atom. The summed E-state index contributed by atoms with van der Waals surface area (Å²) in [5.74, 6) is 1.68. The number of hydrogen-bond donors (Lipinski definition) is 4. The average molecular weight is 1010 g/mol. The quantitative estimate of drug-likeness (QED) is 0.112. The number of benzene rings is 2. The summed E-state index contributed by atoms with van der Waals surface area (Å²) in [6.45, 7) is 11.1. The van der Waals surface area contributed by atoms with Crippen molar-refractivity contribution in [1.82, 2.24) is 49.1 Å².